The third kappa shape index (κ3) is 4.99. The summed E-state index contributed by atoms with van der Waals surface area (Å²) < 4.78 is 0. The normalized spacial score (nSPS) is 11.6. The van der Waals surface area contributed by atoms with Gasteiger partial charge in [0.05, 0.1) is 0 Å². The molecule has 0 unspecified atom stereocenters. The lowest BCUT2D eigenvalue weighted by atomic mass is 10.0. The van der Waals surface area contributed by atoms with E-state index in [9.17, 15) is 0 Å². The second-order valence-corrected chi connectivity index (χ2v) is 6.24. The summed E-state index contributed by atoms with van der Waals surface area (Å²) in [6, 6.07) is 0. The second-order valence-electron chi connectivity index (χ2n) is 6.24. The Morgan fingerprint density at radius 2 is 1.81 bits per heavy atom. The van der Waals surface area contributed by atoms with Crippen LogP contribution < -0.4 is 10.7 Å². The van der Waals surface area contributed by atoms with Gasteiger partial charge in [-0.3, -0.25) is 4.98 Å². The van der Waals surface area contributed by atoms with E-state index in [0.29, 0.717) is 5.82 Å². The molecule has 0 aromatic carbocycles. The van der Waals surface area contributed by atoms with Crippen LogP contribution in [0.25, 0.3) is 11.2 Å². The molecular formula is C16H28N5+. The predicted molar refractivity (Wildman–Crippen MR) is 85.7 cm³/mol. The maximum atomic E-state index is 5.91. The number of hydrogen-bond acceptors (Lipinski definition) is 3. The summed E-state index contributed by atoms with van der Waals surface area (Å²) >= 11 is 0. The fraction of sp³-hybridized carbons (Fsp3) is 0.688. The largest absolute Gasteiger partial charge is 0.380 e. The summed E-state index contributed by atoms with van der Waals surface area (Å²) in [6.45, 7) is 4.59. The minimum absolute atomic E-state index is 0.532. The number of nitrogens with one attached hydrogen (secondary N) is 2. The Kier molecular flexibility index (Phi) is 5.96. The van der Waals surface area contributed by atoms with Crippen LogP contribution in [0.2, 0.25) is 0 Å². The van der Waals surface area contributed by atoms with Gasteiger partial charge in [-0.2, -0.15) is 4.98 Å². The van der Waals surface area contributed by atoms with Gasteiger partial charge in [-0.1, -0.05) is 57.4 Å². The number of hydrogen-bond donors (Lipinski definition) is 2. The van der Waals surface area contributed by atoms with Crippen molar-refractivity contribution in [3.63, 3.8) is 0 Å². The van der Waals surface area contributed by atoms with Gasteiger partial charge in [-0.15, -0.1) is 0 Å². The Bertz CT molecular complexity index is 547. The molecule has 0 aliphatic heterocycles. The van der Waals surface area contributed by atoms with E-state index in [4.69, 9.17) is 5.73 Å². The number of fused-ring (bicyclic) bond motifs is 1. The Morgan fingerprint density at radius 1 is 1.10 bits per heavy atom. The SMILES string of the molecule is CC(C)CCCCCCCCc1nc(N)c2[nH]c[nH+]c2n1. The first kappa shape index (κ1) is 15.7. The van der Waals surface area contributed by atoms with Crippen LogP contribution >= 0.6 is 0 Å². The number of aromatic nitrogens is 4. The van der Waals surface area contributed by atoms with Gasteiger partial charge in [-0.05, 0) is 12.3 Å². The molecule has 0 aliphatic carbocycles. The lowest BCUT2D eigenvalue weighted by Crippen LogP contribution is -2.05. The molecule has 0 radical (unpaired) electrons. The molecule has 0 bridgehead atoms. The van der Waals surface area contributed by atoms with Gasteiger partial charge in [0.15, 0.2) is 12.1 Å². The molecule has 2 rings (SSSR count). The molecule has 0 spiro atoms. The van der Waals surface area contributed by atoms with Crippen molar-refractivity contribution < 1.29 is 4.98 Å². The van der Waals surface area contributed by atoms with E-state index in [1.165, 1.54) is 38.5 Å². The number of anilines is 1. The molecule has 4 N–H and O–H groups in total. The number of nitrogens with zero attached hydrogens (tertiary/aromatic N) is 2. The molecule has 0 saturated heterocycles. The van der Waals surface area contributed by atoms with E-state index < -0.39 is 0 Å². The molecular weight excluding hydrogens is 262 g/mol. The topological polar surface area (TPSA) is 81.7 Å². The van der Waals surface area contributed by atoms with E-state index in [1.54, 1.807) is 6.33 Å². The summed E-state index contributed by atoms with van der Waals surface area (Å²) in [6.07, 6.45) is 11.8. The van der Waals surface area contributed by atoms with Crippen molar-refractivity contribution in [2.24, 2.45) is 5.92 Å². The van der Waals surface area contributed by atoms with Crippen LogP contribution in [0.3, 0.4) is 0 Å². The smallest absolute Gasteiger partial charge is 0.305 e. The Labute approximate surface area is 126 Å². The maximum Gasteiger partial charge on any atom is 0.305 e. The van der Waals surface area contributed by atoms with E-state index in [2.05, 4.69) is 33.8 Å². The highest BCUT2D eigenvalue weighted by atomic mass is 15.0. The zero-order valence-electron chi connectivity index (χ0n) is 13.3. The number of aryl methyl sites for hydroxylation is 1. The summed E-state index contributed by atoms with van der Waals surface area (Å²) in [5.74, 6) is 2.22. The van der Waals surface area contributed by atoms with Gasteiger partial charge in [-0.25, -0.2) is 4.98 Å². The third-order valence-electron chi connectivity index (χ3n) is 3.84. The first-order chi connectivity index (χ1) is 10.2. The zero-order chi connectivity index (χ0) is 15.1. The highest BCUT2D eigenvalue weighted by molar-refractivity contribution is 5.78. The van der Waals surface area contributed by atoms with Crippen molar-refractivity contribution in [3.05, 3.63) is 12.2 Å². The number of nitrogen functional groups attached to an aromatic ring is 1. The molecule has 2 heterocycles. The highest BCUT2D eigenvalue weighted by Gasteiger charge is 2.12. The Hall–Kier alpha value is -1.65. The highest BCUT2D eigenvalue weighted by Crippen LogP contribution is 2.14. The van der Waals surface area contributed by atoms with Gasteiger partial charge < -0.3 is 5.73 Å². The van der Waals surface area contributed by atoms with Crippen molar-refractivity contribution in [1.29, 1.82) is 0 Å². The Morgan fingerprint density at radius 3 is 2.57 bits per heavy atom. The van der Waals surface area contributed by atoms with Crippen LogP contribution in [-0.2, 0) is 6.42 Å². The first-order valence-electron chi connectivity index (χ1n) is 8.18. The van der Waals surface area contributed by atoms with Crippen molar-refractivity contribution in [2.75, 3.05) is 5.73 Å². The minimum Gasteiger partial charge on any atom is -0.380 e. The Balaban J connectivity index is 1.64. The summed E-state index contributed by atoms with van der Waals surface area (Å²) in [4.78, 5) is 14.9. The van der Waals surface area contributed by atoms with Crippen LogP contribution in [0, 0.1) is 5.92 Å². The van der Waals surface area contributed by atoms with Crippen LogP contribution in [0.15, 0.2) is 6.33 Å². The van der Waals surface area contributed by atoms with Crippen LogP contribution in [-0.4, -0.2) is 15.0 Å². The van der Waals surface area contributed by atoms with Crippen molar-refractivity contribution >= 4 is 17.0 Å². The van der Waals surface area contributed by atoms with Gasteiger partial charge in [0.1, 0.15) is 0 Å². The average Bonchev–Trinajstić information content (AvgIpc) is 2.90. The summed E-state index contributed by atoms with van der Waals surface area (Å²) in [5.41, 5.74) is 7.50. The van der Waals surface area contributed by atoms with Gasteiger partial charge >= 0.3 is 5.65 Å². The van der Waals surface area contributed by atoms with Gasteiger partial charge in [0.2, 0.25) is 11.3 Å². The minimum atomic E-state index is 0.532. The van der Waals surface area contributed by atoms with E-state index in [-0.39, 0.29) is 0 Å². The maximum absolute atomic E-state index is 5.91. The number of unbranched alkanes of at least 4 members (excludes halogenated alkanes) is 5. The molecule has 5 nitrogen and oxygen atoms in total. The molecule has 0 amide bonds. The number of nitrogens with two attached hydrogens (primary N) is 1. The fourth-order valence-corrected chi connectivity index (χ4v) is 2.60. The lowest BCUT2D eigenvalue weighted by molar-refractivity contribution is -0.347. The fourth-order valence-electron chi connectivity index (χ4n) is 2.60. The van der Waals surface area contributed by atoms with Crippen LogP contribution in [0.5, 0.6) is 0 Å². The number of H-pyrrole nitrogens is 2. The van der Waals surface area contributed by atoms with Crippen molar-refractivity contribution in [1.82, 2.24) is 15.0 Å². The lowest BCUT2D eigenvalue weighted by Gasteiger charge is -2.04. The van der Waals surface area contributed by atoms with Crippen molar-refractivity contribution in [2.45, 2.75) is 65.2 Å². The van der Waals surface area contributed by atoms with Crippen LogP contribution in [0.1, 0.15) is 64.6 Å². The average molecular weight is 290 g/mol. The molecule has 5 heteroatoms. The number of imidazole rings is 1. The number of aromatic amines is 2. The van der Waals surface area contributed by atoms with E-state index in [0.717, 1.165) is 35.7 Å². The zero-order valence-corrected chi connectivity index (χ0v) is 13.3. The molecule has 0 atom stereocenters. The summed E-state index contributed by atoms with van der Waals surface area (Å²) in [5, 5.41) is 0. The molecule has 0 fully saturated rings. The first-order valence-corrected chi connectivity index (χ1v) is 8.18. The van der Waals surface area contributed by atoms with Gasteiger partial charge in [0, 0.05) is 6.42 Å². The standard InChI is InChI=1S/C16H27N5/c1-12(2)9-7-5-3-4-6-8-10-13-20-15(17)14-16(21-13)19-11-18-14/h11-12H,3-10H2,1-2H3,(H3,17,18,19,20,21)/p+1. The van der Waals surface area contributed by atoms with E-state index >= 15 is 0 Å². The monoisotopic (exact) mass is 290 g/mol. The van der Waals surface area contributed by atoms with Gasteiger partial charge in [0.25, 0.3) is 0 Å². The van der Waals surface area contributed by atoms with Crippen molar-refractivity contribution in [3.8, 4) is 0 Å². The molecule has 2 aromatic heterocycles. The number of rotatable bonds is 9. The molecule has 21 heavy (non-hydrogen) atoms. The predicted octanol–water partition coefficient (Wildman–Crippen LogP) is 3.28. The van der Waals surface area contributed by atoms with E-state index in [1.807, 2.05) is 0 Å². The third-order valence-corrected chi connectivity index (χ3v) is 3.84. The molecule has 0 saturated carbocycles. The van der Waals surface area contributed by atoms with Crippen LogP contribution in [0.4, 0.5) is 5.82 Å². The molecule has 116 valence electrons. The molecule has 2 aromatic rings. The quantitative estimate of drug-likeness (QED) is 0.695. The molecule has 0 aliphatic rings. The second kappa shape index (κ2) is 7.96. The summed E-state index contributed by atoms with van der Waals surface area (Å²) in [7, 11) is 0.